The number of nitrogens with one attached hydrogen (secondary N) is 1. The molecular weight excluding hydrogens is 344 g/mol. The van der Waals surface area contributed by atoms with Crippen LogP contribution in [0.4, 0.5) is 4.79 Å². The molecule has 0 bridgehead atoms. The molecule has 0 aromatic carbocycles. The second kappa shape index (κ2) is 9.59. The van der Waals surface area contributed by atoms with Crippen LogP contribution in [0.15, 0.2) is 0 Å². The molecule has 0 heterocycles. The summed E-state index contributed by atoms with van der Waals surface area (Å²) in [5.41, 5.74) is -0.583. The van der Waals surface area contributed by atoms with Gasteiger partial charge in [0.25, 0.3) is 0 Å². The number of alkyl carbamates (subject to hydrolysis) is 1. The van der Waals surface area contributed by atoms with Gasteiger partial charge in [-0.3, -0.25) is 9.59 Å². The minimum atomic E-state index is -0.583. The number of hydrogen-bond acceptors (Lipinski definition) is 5. The van der Waals surface area contributed by atoms with Gasteiger partial charge in [-0.1, -0.05) is 15.9 Å². The van der Waals surface area contributed by atoms with Crippen LogP contribution in [0, 0.1) is 0 Å². The van der Waals surface area contributed by atoms with Crippen molar-refractivity contribution >= 4 is 33.9 Å². The second-order valence-electron chi connectivity index (χ2n) is 5.18. The van der Waals surface area contributed by atoms with E-state index in [1.54, 1.807) is 27.7 Å². The molecule has 7 nitrogen and oxygen atoms in total. The molecule has 0 radical (unpaired) electrons. The summed E-state index contributed by atoms with van der Waals surface area (Å²) in [5, 5.41) is 2.63. The maximum Gasteiger partial charge on any atom is 0.407 e. The lowest BCUT2D eigenvalue weighted by Gasteiger charge is -2.22. The molecule has 0 aliphatic heterocycles. The molecule has 0 aliphatic carbocycles. The van der Waals surface area contributed by atoms with Crippen LogP contribution in [-0.4, -0.2) is 60.0 Å². The quantitative estimate of drug-likeness (QED) is 0.542. The van der Waals surface area contributed by atoms with Crippen molar-refractivity contribution < 1.29 is 23.9 Å². The van der Waals surface area contributed by atoms with E-state index in [4.69, 9.17) is 9.47 Å². The summed E-state index contributed by atoms with van der Waals surface area (Å²) in [4.78, 5) is 35.9. The zero-order valence-corrected chi connectivity index (χ0v) is 14.5. The third-order valence-corrected chi connectivity index (χ3v) is 2.62. The summed E-state index contributed by atoms with van der Waals surface area (Å²) in [5.74, 6) is -0.738. The molecule has 0 fully saturated rings. The third-order valence-electron chi connectivity index (χ3n) is 2.14. The number of hydrogen-bond donors (Lipinski definition) is 1. The topological polar surface area (TPSA) is 84.9 Å². The Balaban J connectivity index is 4.27. The fourth-order valence-electron chi connectivity index (χ4n) is 1.35. The van der Waals surface area contributed by atoms with Crippen molar-refractivity contribution in [3.8, 4) is 0 Å². The summed E-state index contributed by atoms with van der Waals surface area (Å²) < 4.78 is 9.87. The van der Waals surface area contributed by atoms with Gasteiger partial charge in [0.05, 0.1) is 11.9 Å². The summed E-state index contributed by atoms with van der Waals surface area (Å²) in [6.07, 6.45) is -0.565. The molecule has 0 saturated carbocycles. The molecule has 0 rings (SSSR count). The number of carbonyl (C=O) groups excluding carboxylic acids is 3. The molecule has 122 valence electrons. The van der Waals surface area contributed by atoms with Gasteiger partial charge in [-0.05, 0) is 27.7 Å². The highest BCUT2D eigenvalue weighted by Gasteiger charge is 2.19. The minimum absolute atomic E-state index is 0.0961. The number of rotatable bonds is 7. The molecule has 1 N–H and O–H groups in total. The summed E-state index contributed by atoms with van der Waals surface area (Å²) >= 11 is 3.05. The van der Waals surface area contributed by atoms with Gasteiger partial charge in [-0.25, -0.2) is 4.79 Å². The Morgan fingerprint density at radius 1 is 1.24 bits per heavy atom. The maximum atomic E-state index is 11.7. The van der Waals surface area contributed by atoms with Crippen molar-refractivity contribution in [2.75, 3.05) is 31.6 Å². The number of nitrogens with zero attached hydrogens (tertiary/aromatic N) is 1. The molecule has 0 saturated heterocycles. The predicted octanol–water partition coefficient (Wildman–Crippen LogP) is 1.30. The predicted molar refractivity (Wildman–Crippen MR) is 81.2 cm³/mol. The van der Waals surface area contributed by atoms with Gasteiger partial charge in [0.1, 0.15) is 12.1 Å². The number of esters is 1. The molecule has 0 aromatic rings. The van der Waals surface area contributed by atoms with E-state index < -0.39 is 17.7 Å². The van der Waals surface area contributed by atoms with Crippen LogP contribution >= 0.6 is 15.9 Å². The van der Waals surface area contributed by atoms with Crippen molar-refractivity contribution in [3.63, 3.8) is 0 Å². The molecule has 0 unspecified atom stereocenters. The smallest absolute Gasteiger partial charge is 0.407 e. The Hall–Kier alpha value is -1.31. The van der Waals surface area contributed by atoms with Crippen LogP contribution in [0.2, 0.25) is 0 Å². The number of carbonyl (C=O) groups is 3. The van der Waals surface area contributed by atoms with Gasteiger partial charge in [0.2, 0.25) is 5.91 Å². The molecule has 21 heavy (non-hydrogen) atoms. The van der Waals surface area contributed by atoms with Gasteiger partial charge in [0, 0.05) is 13.1 Å². The van der Waals surface area contributed by atoms with Crippen LogP contribution in [0.5, 0.6) is 0 Å². The maximum absolute atomic E-state index is 11.7. The van der Waals surface area contributed by atoms with Crippen molar-refractivity contribution in [1.29, 1.82) is 0 Å². The van der Waals surface area contributed by atoms with Crippen LogP contribution in [-0.2, 0) is 19.1 Å². The molecule has 2 amide bonds. The lowest BCUT2D eigenvalue weighted by atomic mass is 10.2. The van der Waals surface area contributed by atoms with Gasteiger partial charge >= 0.3 is 12.1 Å². The fraction of sp³-hybridized carbons (Fsp3) is 0.769. The average molecular weight is 367 g/mol. The zero-order chi connectivity index (χ0) is 16.5. The monoisotopic (exact) mass is 366 g/mol. The van der Waals surface area contributed by atoms with Crippen molar-refractivity contribution in [2.24, 2.45) is 0 Å². The van der Waals surface area contributed by atoms with Crippen molar-refractivity contribution in [2.45, 2.75) is 33.3 Å². The normalized spacial score (nSPS) is 10.7. The Labute approximate surface area is 133 Å². The second-order valence-corrected chi connectivity index (χ2v) is 5.74. The van der Waals surface area contributed by atoms with E-state index in [2.05, 4.69) is 21.2 Å². The van der Waals surface area contributed by atoms with Crippen LogP contribution in [0.25, 0.3) is 0 Å². The first-order valence-electron chi connectivity index (χ1n) is 6.65. The van der Waals surface area contributed by atoms with E-state index in [1.165, 1.54) is 4.90 Å². The van der Waals surface area contributed by atoms with Crippen molar-refractivity contribution in [3.05, 3.63) is 0 Å². The number of ether oxygens (including phenoxy) is 2. The van der Waals surface area contributed by atoms with Crippen LogP contribution in [0.1, 0.15) is 27.7 Å². The Morgan fingerprint density at radius 3 is 2.33 bits per heavy atom. The first kappa shape index (κ1) is 19.7. The third kappa shape index (κ3) is 10.1. The highest BCUT2D eigenvalue weighted by atomic mass is 79.9. The molecule has 0 aromatic heterocycles. The van der Waals surface area contributed by atoms with Crippen molar-refractivity contribution in [1.82, 2.24) is 10.2 Å². The molecule has 0 aliphatic rings. The van der Waals surface area contributed by atoms with E-state index in [1.807, 2.05) is 0 Å². The lowest BCUT2D eigenvalue weighted by molar-refractivity contribution is -0.148. The summed E-state index contributed by atoms with van der Waals surface area (Å²) in [6.45, 7) is 7.46. The van der Waals surface area contributed by atoms with E-state index >= 15 is 0 Å². The molecule has 0 spiro atoms. The van der Waals surface area contributed by atoms with E-state index in [9.17, 15) is 14.4 Å². The van der Waals surface area contributed by atoms with E-state index in [-0.39, 0.29) is 37.5 Å². The van der Waals surface area contributed by atoms with Gasteiger partial charge in [-0.15, -0.1) is 0 Å². The molecular formula is C13H23BrN2O5. The van der Waals surface area contributed by atoms with Crippen LogP contribution in [0.3, 0.4) is 0 Å². The summed E-state index contributed by atoms with van der Waals surface area (Å²) in [6, 6.07) is 0. The largest absolute Gasteiger partial charge is 0.465 e. The van der Waals surface area contributed by atoms with E-state index in [0.717, 1.165) is 0 Å². The van der Waals surface area contributed by atoms with Gasteiger partial charge < -0.3 is 19.7 Å². The number of alkyl halides is 1. The Morgan fingerprint density at radius 2 is 1.86 bits per heavy atom. The number of halogens is 1. The summed E-state index contributed by atoms with van der Waals surface area (Å²) in [7, 11) is 0. The lowest BCUT2D eigenvalue weighted by Crippen LogP contribution is -2.43. The highest BCUT2D eigenvalue weighted by molar-refractivity contribution is 9.09. The molecule has 0 atom stereocenters. The minimum Gasteiger partial charge on any atom is -0.465 e. The Kier molecular flexibility index (Phi) is 9.00. The number of amides is 2. The first-order valence-corrected chi connectivity index (χ1v) is 7.78. The highest BCUT2D eigenvalue weighted by Crippen LogP contribution is 2.06. The Bertz CT molecular complexity index is 368. The zero-order valence-electron chi connectivity index (χ0n) is 12.9. The fourth-order valence-corrected chi connectivity index (χ4v) is 1.70. The van der Waals surface area contributed by atoms with Gasteiger partial charge in [0.15, 0.2) is 0 Å². The average Bonchev–Trinajstić information content (AvgIpc) is 2.34. The van der Waals surface area contributed by atoms with Crippen LogP contribution < -0.4 is 5.32 Å². The van der Waals surface area contributed by atoms with E-state index in [0.29, 0.717) is 0 Å². The SMILES string of the molecule is CCOC(=O)CN(CCNC(=O)OC(C)(C)C)C(=O)CBr. The van der Waals surface area contributed by atoms with Gasteiger partial charge in [-0.2, -0.15) is 0 Å². The molecule has 8 heteroatoms. The standard InChI is InChI=1S/C13H23BrN2O5/c1-5-20-11(18)9-16(10(17)8-14)7-6-15-12(19)21-13(2,3)4/h5-9H2,1-4H3,(H,15,19). The first-order chi connectivity index (χ1) is 9.69.